The summed E-state index contributed by atoms with van der Waals surface area (Å²) in [5.41, 5.74) is 0.477. The fourth-order valence-corrected chi connectivity index (χ4v) is 2.38. The Hall–Kier alpha value is -2.83. The molecule has 0 saturated carbocycles. The first kappa shape index (κ1) is 16.5. The van der Waals surface area contributed by atoms with Gasteiger partial charge in [-0.1, -0.05) is 36.4 Å². The van der Waals surface area contributed by atoms with Gasteiger partial charge in [0.2, 0.25) is 5.91 Å². The number of nitrogens with one attached hydrogen (secondary N) is 1. The minimum atomic E-state index is -1.15. The number of carbonyl (C=O) groups excluding carboxylic acids is 2. The molecule has 7 nitrogen and oxygen atoms in total. The van der Waals surface area contributed by atoms with Crippen molar-refractivity contribution in [3.05, 3.63) is 48.6 Å². The van der Waals surface area contributed by atoms with Gasteiger partial charge in [0.1, 0.15) is 6.54 Å². The van der Waals surface area contributed by atoms with E-state index in [1.54, 1.807) is 41.3 Å². The fourth-order valence-electron chi connectivity index (χ4n) is 2.38. The molecule has 2 N–H and O–H groups in total. The van der Waals surface area contributed by atoms with Crippen molar-refractivity contribution in [2.45, 2.75) is 6.04 Å². The lowest BCUT2D eigenvalue weighted by molar-refractivity contribution is -0.139. The SMILES string of the molecule is C=CCN1CCN(C(=O)NC(C(=O)O)c2ccccc2)CC1=O. The van der Waals surface area contributed by atoms with E-state index < -0.39 is 18.0 Å². The van der Waals surface area contributed by atoms with Crippen LogP contribution in [-0.2, 0) is 9.59 Å². The van der Waals surface area contributed by atoms with Gasteiger partial charge in [-0.15, -0.1) is 6.58 Å². The van der Waals surface area contributed by atoms with Gasteiger partial charge >= 0.3 is 12.0 Å². The number of hydrogen-bond donors (Lipinski definition) is 2. The normalized spacial score (nSPS) is 15.9. The van der Waals surface area contributed by atoms with Crippen LogP contribution in [0.15, 0.2) is 43.0 Å². The number of rotatable bonds is 5. The number of carbonyl (C=O) groups is 3. The molecular formula is C16H19N3O4. The van der Waals surface area contributed by atoms with Crippen LogP contribution in [-0.4, -0.2) is 59.0 Å². The van der Waals surface area contributed by atoms with Gasteiger partial charge in [0.25, 0.3) is 0 Å². The van der Waals surface area contributed by atoms with E-state index in [-0.39, 0.29) is 12.5 Å². The molecule has 1 unspecified atom stereocenters. The number of nitrogens with zero attached hydrogens (tertiary/aromatic N) is 2. The van der Waals surface area contributed by atoms with Crippen LogP contribution in [0.1, 0.15) is 11.6 Å². The zero-order valence-electron chi connectivity index (χ0n) is 12.6. The van der Waals surface area contributed by atoms with Gasteiger partial charge in [-0.05, 0) is 5.56 Å². The molecule has 1 aromatic rings. The monoisotopic (exact) mass is 317 g/mol. The molecule has 0 spiro atoms. The highest BCUT2D eigenvalue weighted by atomic mass is 16.4. The number of benzene rings is 1. The third-order valence-corrected chi connectivity index (χ3v) is 3.60. The molecule has 1 atom stereocenters. The molecule has 1 saturated heterocycles. The topological polar surface area (TPSA) is 89.9 Å². The largest absolute Gasteiger partial charge is 0.479 e. The Balaban J connectivity index is 2.02. The molecule has 122 valence electrons. The molecule has 1 heterocycles. The van der Waals surface area contributed by atoms with E-state index >= 15 is 0 Å². The number of hydrogen-bond acceptors (Lipinski definition) is 3. The van der Waals surface area contributed by atoms with Crippen molar-refractivity contribution in [1.29, 1.82) is 0 Å². The summed E-state index contributed by atoms with van der Waals surface area (Å²) in [6, 6.07) is 6.72. The van der Waals surface area contributed by atoms with Gasteiger partial charge in [0.15, 0.2) is 6.04 Å². The van der Waals surface area contributed by atoms with E-state index in [4.69, 9.17) is 0 Å². The van der Waals surface area contributed by atoms with Crippen LogP contribution in [0.3, 0.4) is 0 Å². The summed E-state index contributed by atoms with van der Waals surface area (Å²) in [5, 5.41) is 11.8. The molecule has 1 aliphatic rings. The molecular weight excluding hydrogens is 298 g/mol. The third kappa shape index (κ3) is 4.09. The maximum Gasteiger partial charge on any atom is 0.330 e. The highest BCUT2D eigenvalue weighted by Gasteiger charge is 2.29. The van der Waals surface area contributed by atoms with Crippen molar-refractivity contribution in [2.24, 2.45) is 0 Å². The molecule has 7 heteroatoms. The Morgan fingerprint density at radius 2 is 2.00 bits per heavy atom. The lowest BCUT2D eigenvalue weighted by Crippen LogP contribution is -2.55. The third-order valence-electron chi connectivity index (χ3n) is 3.60. The lowest BCUT2D eigenvalue weighted by Gasteiger charge is -2.34. The Kier molecular flexibility index (Phi) is 5.35. The number of urea groups is 1. The summed E-state index contributed by atoms with van der Waals surface area (Å²) < 4.78 is 0. The smallest absolute Gasteiger partial charge is 0.330 e. The van der Waals surface area contributed by atoms with Crippen LogP contribution in [0.25, 0.3) is 0 Å². The number of amides is 3. The van der Waals surface area contributed by atoms with Crippen LogP contribution in [0.5, 0.6) is 0 Å². The summed E-state index contributed by atoms with van der Waals surface area (Å²) >= 11 is 0. The summed E-state index contributed by atoms with van der Waals surface area (Å²) in [6.07, 6.45) is 1.63. The minimum absolute atomic E-state index is 0.0686. The van der Waals surface area contributed by atoms with E-state index in [2.05, 4.69) is 11.9 Å². The molecule has 1 aliphatic heterocycles. The molecule has 0 bridgehead atoms. The second kappa shape index (κ2) is 7.44. The Bertz CT molecular complexity index is 603. The van der Waals surface area contributed by atoms with Crippen LogP contribution in [0, 0.1) is 0 Å². The van der Waals surface area contributed by atoms with E-state index in [1.165, 1.54) is 4.90 Å². The van der Waals surface area contributed by atoms with E-state index in [0.29, 0.717) is 25.2 Å². The Labute approximate surface area is 134 Å². The zero-order valence-corrected chi connectivity index (χ0v) is 12.6. The number of carboxylic acids is 1. The van der Waals surface area contributed by atoms with Crippen molar-refractivity contribution in [3.8, 4) is 0 Å². The van der Waals surface area contributed by atoms with Gasteiger partial charge in [-0.2, -0.15) is 0 Å². The van der Waals surface area contributed by atoms with Crippen molar-refractivity contribution < 1.29 is 19.5 Å². The van der Waals surface area contributed by atoms with Gasteiger partial charge in [0.05, 0.1) is 0 Å². The molecule has 1 aromatic carbocycles. The summed E-state index contributed by atoms with van der Waals surface area (Å²) in [4.78, 5) is 38.5. The molecule has 1 fully saturated rings. The van der Waals surface area contributed by atoms with Gasteiger partial charge in [-0.25, -0.2) is 9.59 Å². The maximum atomic E-state index is 12.3. The summed E-state index contributed by atoms with van der Waals surface area (Å²) in [6.45, 7) is 4.71. The molecule has 0 aliphatic carbocycles. The van der Waals surface area contributed by atoms with Gasteiger partial charge in [0, 0.05) is 19.6 Å². The Morgan fingerprint density at radius 1 is 1.30 bits per heavy atom. The fraction of sp³-hybridized carbons (Fsp3) is 0.312. The lowest BCUT2D eigenvalue weighted by atomic mass is 10.1. The average Bonchev–Trinajstić information content (AvgIpc) is 2.55. The molecule has 23 heavy (non-hydrogen) atoms. The Morgan fingerprint density at radius 3 is 2.57 bits per heavy atom. The van der Waals surface area contributed by atoms with E-state index in [1.807, 2.05) is 0 Å². The summed E-state index contributed by atoms with van der Waals surface area (Å²) in [7, 11) is 0. The first-order valence-corrected chi connectivity index (χ1v) is 7.24. The highest BCUT2D eigenvalue weighted by Crippen LogP contribution is 2.14. The van der Waals surface area contributed by atoms with Crippen molar-refractivity contribution in [3.63, 3.8) is 0 Å². The molecule has 0 radical (unpaired) electrons. The zero-order chi connectivity index (χ0) is 16.8. The number of piperazine rings is 1. The van der Waals surface area contributed by atoms with E-state index in [0.717, 1.165) is 0 Å². The predicted molar refractivity (Wildman–Crippen MR) is 83.7 cm³/mol. The van der Waals surface area contributed by atoms with Crippen molar-refractivity contribution in [2.75, 3.05) is 26.2 Å². The number of carboxylic acid groups (broad SMARTS) is 1. The summed E-state index contributed by atoms with van der Waals surface area (Å²) in [5.74, 6) is -1.33. The van der Waals surface area contributed by atoms with Gasteiger partial charge in [-0.3, -0.25) is 4.79 Å². The average molecular weight is 317 g/mol. The van der Waals surface area contributed by atoms with Gasteiger partial charge < -0.3 is 20.2 Å². The van der Waals surface area contributed by atoms with Crippen LogP contribution < -0.4 is 5.32 Å². The second-order valence-corrected chi connectivity index (χ2v) is 5.18. The first-order chi connectivity index (χ1) is 11.0. The van der Waals surface area contributed by atoms with Crippen molar-refractivity contribution >= 4 is 17.9 Å². The van der Waals surface area contributed by atoms with Crippen molar-refractivity contribution in [1.82, 2.24) is 15.1 Å². The predicted octanol–water partition coefficient (Wildman–Crippen LogP) is 0.852. The van der Waals surface area contributed by atoms with E-state index in [9.17, 15) is 19.5 Å². The van der Waals surface area contributed by atoms with Crippen LogP contribution in [0.4, 0.5) is 4.79 Å². The standard InChI is InChI=1S/C16H19N3O4/c1-2-8-18-9-10-19(11-13(18)20)16(23)17-14(15(21)22)12-6-4-3-5-7-12/h2-7,14H,1,8-11H2,(H,17,23)(H,21,22). The first-order valence-electron chi connectivity index (χ1n) is 7.24. The second-order valence-electron chi connectivity index (χ2n) is 5.18. The number of aliphatic carboxylic acids is 1. The minimum Gasteiger partial charge on any atom is -0.479 e. The van der Waals surface area contributed by atoms with Crippen LogP contribution >= 0.6 is 0 Å². The molecule has 2 rings (SSSR count). The quantitative estimate of drug-likeness (QED) is 0.788. The molecule has 0 aromatic heterocycles. The van der Waals surface area contributed by atoms with Crippen LogP contribution in [0.2, 0.25) is 0 Å². The highest BCUT2D eigenvalue weighted by molar-refractivity contribution is 5.88. The maximum absolute atomic E-state index is 12.3. The molecule has 3 amide bonds.